The minimum Gasteiger partial charge on any atom is -0.497 e. The van der Waals surface area contributed by atoms with Crippen LogP contribution in [-0.4, -0.2) is 47.2 Å². The topological polar surface area (TPSA) is 62.7 Å². The molecule has 1 unspecified atom stereocenters. The van der Waals surface area contributed by atoms with E-state index in [0.29, 0.717) is 24.3 Å². The van der Waals surface area contributed by atoms with Crippen LogP contribution in [0.3, 0.4) is 0 Å². The van der Waals surface area contributed by atoms with Gasteiger partial charge >= 0.3 is 0 Å². The van der Waals surface area contributed by atoms with E-state index in [1.54, 1.807) is 12.0 Å². The van der Waals surface area contributed by atoms with Gasteiger partial charge in [0.1, 0.15) is 5.75 Å². The highest BCUT2D eigenvalue weighted by Crippen LogP contribution is 2.23. The summed E-state index contributed by atoms with van der Waals surface area (Å²) >= 11 is 0. The molecule has 0 spiro atoms. The Morgan fingerprint density at radius 2 is 2.23 bits per heavy atom. The molecule has 1 amide bonds. The maximum absolute atomic E-state index is 12.7. The molecular weight excluding hydrogens is 280 g/mol. The summed E-state index contributed by atoms with van der Waals surface area (Å²) in [5.41, 5.74) is 2.12. The minimum absolute atomic E-state index is 0.0542. The molecule has 2 heterocycles. The molecule has 1 aromatic carbocycles. The molecule has 5 heteroatoms. The zero-order valence-electron chi connectivity index (χ0n) is 12.9. The van der Waals surface area contributed by atoms with E-state index < -0.39 is 6.10 Å². The lowest BCUT2D eigenvalue weighted by Gasteiger charge is -2.30. The van der Waals surface area contributed by atoms with Crippen LogP contribution in [0.5, 0.6) is 5.75 Å². The second-order valence-electron chi connectivity index (χ2n) is 5.73. The van der Waals surface area contributed by atoms with Crippen LogP contribution in [0.2, 0.25) is 0 Å². The van der Waals surface area contributed by atoms with Crippen molar-refractivity contribution in [2.24, 2.45) is 0 Å². The van der Waals surface area contributed by atoms with Crippen molar-refractivity contribution in [2.75, 3.05) is 20.2 Å². The van der Waals surface area contributed by atoms with Gasteiger partial charge < -0.3 is 14.7 Å². The van der Waals surface area contributed by atoms with E-state index in [4.69, 9.17) is 4.74 Å². The summed E-state index contributed by atoms with van der Waals surface area (Å²) in [7, 11) is 1.62. The number of ether oxygens (including phenoxy) is 1. The number of nitrogens with zero attached hydrogens (tertiary/aromatic N) is 2. The normalized spacial score (nSPS) is 18.5. The smallest absolute Gasteiger partial charge is 0.255 e. The number of methoxy groups -OCH3 is 1. The summed E-state index contributed by atoms with van der Waals surface area (Å²) in [5, 5.41) is 10.7. The van der Waals surface area contributed by atoms with E-state index in [-0.39, 0.29) is 5.91 Å². The van der Waals surface area contributed by atoms with Gasteiger partial charge in [0.25, 0.3) is 5.91 Å². The minimum atomic E-state index is -0.421. The SMILES string of the molecule is COc1ccc2cc(C(=O)N3CCCC(O)C3)c(C)nc2c1. The molecule has 1 aliphatic heterocycles. The number of aryl methyl sites for hydroxylation is 1. The van der Waals surface area contributed by atoms with E-state index in [1.807, 2.05) is 31.2 Å². The Kier molecular flexibility index (Phi) is 3.98. The van der Waals surface area contributed by atoms with Crippen LogP contribution in [0.1, 0.15) is 28.9 Å². The lowest BCUT2D eigenvalue weighted by atomic mass is 10.0. The summed E-state index contributed by atoms with van der Waals surface area (Å²) in [6.07, 6.45) is 1.18. The Labute approximate surface area is 129 Å². The second kappa shape index (κ2) is 5.93. The molecule has 1 atom stereocenters. The Morgan fingerprint density at radius 1 is 1.41 bits per heavy atom. The fourth-order valence-electron chi connectivity index (χ4n) is 2.90. The number of carbonyl (C=O) groups excluding carboxylic acids is 1. The Hall–Kier alpha value is -2.14. The van der Waals surface area contributed by atoms with Gasteiger partial charge in [-0.2, -0.15) is 0 Å². The van der Waals surface area contributed by atoms with Crippen molar-refractivity contribution in [2.45, 2.75) is 25.9 Å². The van der Waals surface area contributed by atoms with Crippen molar-refractivity contribution >= 4 is 16.8 Å². The molecular formula is C17H20N2O3. The number of carbonyl (C=O) groups is 1. The molecule has 0 saturated carbocycles. The van der Waals surface area contributed by atoms with E-state index >= 15 is 0 Å². The first-order chi connectivity index (χ1) is 10.6. The third-order valence-electron chi connectivity index (χ3n) is 4.13. The molecule has 22 heavy (non-hydrogen) atoms. The van der Waals surface area contributed by atoms with Crippen LogP contribution in [0.15, 0.2) is 24.3 Å². The van der Waals surface area contributed by atoms with Crippen LogP contribution < -0.4 is 4.74 Å². The molecule has 1 fully saturated rings. The van der Waals surface area contributed by atoms with Crippen LogP contribution in [-0.2, 0) is 0 Å². The highest BCUT2D eigenvalue weighted by molar-refractivity contribution is 5.98. The number of aliphatic hydroxyl groups is 1. The van der Waals surface area contributed by atoms with Crippen LogP contribution in [0, 0.1) is 6.92 Å². The number of aromatic nitrogens is 1. The number of likely N-dealkylation sites (tertiary alicyclic amines) is 1. The van der Waals surface area contributed by atoms with Crippen LogP contribution in [0.25, 0.3) is 10.9 Å². The van der Waals surface area contributed by atoms with Crippen LogP contribution >= 0.6 is 0 Å². The fourth-order valence-corrected chi connectivity index (χ4v) is 2.90. The molecule has 1 aliphatic rings. The highest BCUT2D eigenvalue weighted by Gasteiger charge is 2.24. The Morgan fingerprint density at radius 3 is 2.95 bits per heavy atom. The standard InChI is InChI=1S/C17H20N2O3/c1-11-15(17(21)19-7-3-4-13(20)10-19)8-12-5-6-14(22-2)9-16(12)18-11/h5-6,8-9,13,20H,3-4,7,10H2,1-2H3. The van der Waals surface area contributed by atoms with Crippen molar-refractivity contribution in [3.63, 3.8) is 0 Å². The van der Waals surface area contributed by atoms with Gasteiger partial charge in [0, 0.05) is 24.5 Å². The van der Waals surface area contributed by atoms with Gasteiger partial charge in [-0.1, -0.05) is 0 Å². The second-order valence-corrected chi connectivity index (χ2v) is 5.73. The average Bonchev–Trinajstić information content (AvgIpc) is 2.53. The molecule has 1 aromatic heterocycles. The maximum Gasteiger partial charge on any atom is 0.255 e. The highest BCUT2D eigenvalue weighted by atomic mass is 16.5. The first-order valence-corrected chi connectivity index (χ1v) is 7.51. The zero-order chi connectivity index (χ0) is 15.7. The molecule has 1 N–H and O–H groups in total. The molecule has 116 valence electrons. The number of β-amino-alcohol motifs (C(OH)–C–C–N with tert-alkyl or cyclic N) is 1. The van der Waals surface area contributed by atoms with E-state index in [1.165, 1.54) is 0 Å². The van der Waals surface area contributed by atoms with Crippen molar-refractivity contribution < 1.29 is 14.6 Å². The number of aliphatic hydroxyl groups excluding tert-OH is 1. The number of hydrogen-bond donors (Lipinski definition) is 1. The predicted molar refractivity (Wildman–Crippen MR) is 84.2 cm³/mol. The third-order valence-corrected chi connectivity index (χ3v) is 4.13. The lowest BCUT2D eigenvalue weighted by Crippen LogP contribution is -2.42. The summed E-state index contributed by atoms with van der Waals surface area (Å²) in [6, 6.07) is 7.50. The number of benzene rings is 1. The molecule has 2 aromatic rings. The monoisotopic (exact) mass is 300 g/mol. The number of hydrogen-bond acceptors (Lipinski definition) is 4. The van der Waals surface area contributed by atoms with E-state index in [0.717, 1.165) is 29.5 Å². The van der Waals surface area contributed by atoms with Gasteiger partial charge in [0.15, 0.2) is 0 Å². The molecule has 1 saturated heterocycles. The average molecular weight is 300 g/mol. The number of piperidine rings is 1. The van der Waals surface area contributed by atoms with Gasteiger partial charge in [-0.15, -0.1) is 0 Å². The van der Waals surface area contributed by atoms with Gasteiger partial charge in [-0.25, -0.2) is 0 Å². The number of pyridine rings is 1. The molecule has 3 rings (SSSR count). The molecule has 0 radical (unpaired) electrons. The third kappa shape index (κ3) is 2.76. The Balaban J connectivity index is 1.96. The zero-order valence-corrected chi connectivity index (χ0v) is 12.9. The van der Waals surface area contributed by atoms with Crippen LogP contribution in [0.4, 0.5) is 0 Å². The lowest BCUT2D eigenvalue weighted by molar-refractivity contribution is 0.0473. The summed E-state index contributed by atoms with van der Waals surface area (Å²) < 4.78 is 5.20. The van der Waals surface area contributed by atoms with Gasteiger partial charge in [0.2, 0.25) is 0 Å². The predicted octanol–water partition coefficient (Wildman–Crippen LogP) is 2.15. The van der Waals surface area contributed by atoms with Crippen molar-refractivity contribution in [1.29, 1.82) is 0 Å². The van der Waals surface area contributed by atoms with Crippen molar-refractivity contribution in [1.82, 2.24) is 9.88 Å². The fraction of sp³-hybridized carbons (Fsp3) is 0.412. The largest absolute Gasteiger partial charge is 0.497 e. The summed E-state index contributed by atoms with van der Waals surface area (Å²) in [5.74, 6) is 0.694. The number of amides is 1. The van der Waals surface area contributed by atoms with Crippen molar-refractivity contribution in [3.8, 4) is 5.75 Å². The first kappa shape index (κ1) is 14.8. The maximum atomic E-state index is 12.7. The van der Waals surface area contributed by atoms with Gasteiger partial charge in [-0.3, -0.25) is 9.78 Å². The summed E-state index contributed by atoms with van der Waals surface area (Å²) in [4.78, 5) is 18.9. The summed E-state index contributed by atoms with van der Waals surface area (Å²) in [6.45, 7) is 2.93. The van der Waals surface area contributed by atoms with E-state index in [2.05, 4.69) is 4.98 Å². The first-order valence-electron chi connectivity index (χ1n) is 7.51. The quantitative estimate of drug-likeness (QED) is 0.923. The van der Waals surface area contributed by atoms with Gasteiger partial charge in [-0.05, 0) is 38.0 Å². The van der Waals surface area contributed by atoms with Crippen molar-refractivity contribution in [3.05, 3.63) is 35.5 Å². The Bertz CT molecular complexity index is 714. The van der Waals surface area contributed by atoms with E-state index in [9.17, 15) is 9.90 Å². The molecule has 5 nitrogen and oxygen atoms in total. The number of fused-ring (bicyclic) bond motifs is 1. The van der Waals surface area contributed by atoms with Gasteiger partial charge in [0.05, 0.1) is 30.0 Å². The molecule has 0 bridgehead atoms. The number of rotatable bonds is 2. The molecule has 0 aliphatic carbocycles.